The molecule has 16 heavy (non-hydrogen) atoms. The van der Waals surface area contributed by atoms with E-state index in [1.54, 1.807) is 0 Å². The van der Waals surface area contributed by atoms with Crippen molar-refractivity contribution in [1.82, 2.24) is 10.2 Å². The molecule has 1 aliphatic carbocycles. The SMILES string of the molecule is CCN(C)C(C)CC(C)(NC1CC1)C(N)=O. The van der Waals surface area contributed by atoms with E-state index in [4.69, 9.17) is 5.73 Å². The van der Waals surface area contributed by atoms with Gasteiger partial charge in [0.2, 0.25) is 5.91 Å². The Labute approximate surface area is 98.6 Å². The van der Waals surface area contributed by atoms with Crippen molar-refractivity contribution >= 4 is 5.91 Å². The van der Waals surface area contributed by atoms with E-state index in [1.807, 2.05) is 6.92 Å². The highest BCUT2D eigenvalue weighted by atomic mass is 16.1. The van der Waals surface area contributed by atoms with Crippen LogP contribution in [0.5, 0.6) is 0 Å². The topological polar surface area (TPSA) is 58.4 Å². The summed E-state index contributed by atoms with van der Waals surface area (Å²) in [5.74, 6) is -0.240. The lowest BCUT2D eigenvalue weighted by Crippen LogP contribution is -2.56. The fraction of sp³-hybridized carbons (Fsp3) is 0.917. The Kier molecular flexibility index (Phi) is 4.33. The van der Waals surface area contributed by atoms with Crippen molar-refractivity contribution in [3.05, 3.63) is 0 Å². The molecule has 0 aromatic carbocycles. The molecule has 2 unspecified atom stereocenters. The standard InChI is InChI=1S/C12H25N3O/c1-5-15(4)9(2)8-12(3,11(13)16)14-10-6-7-10/h9-10,14H,5-8H2,1-4H3,(H2,13,16). The smallest absolute Gasteiger partial charge is 0.237 e. The van der Waals surface area contributed by atoms with E-state index >= 15 is 0 Å². The van der Waals surface area contributed by atoms with Gasteiger partial charge in [-0.15, -0.1) is 0 Å². The number of amides is 1. The van der Waals surface area contributed by atoms with Gasteiger partial charge in [0.05, 0.1) is 5.54 Å². The molecule has 94 valence electrons. The largest absolute Gasteiger partial charge is 0.368 e. The Morgan fingerprint density at radius 1 is 1.62 bits per heavy atom. The van der Waals surface area contributed by atoms with E-state index in [0.29, 0.717) is 12.1 Å². The first-order valence-electron chi connectivity index (χ1n) is 6.17. The Bertz CT molecular complexity index is 253. The first-order chi connectivity index (χ1) is 7.39. The zero-order valence-corrected chi connectivity index (χ0v) is 10.9. The lowest BCUT2D eigenvalue weighted by atomic mass is 9.92. The minimum Gasteiger partial charge on any atom is -0.368 e. The van der Waals surface area contributed by atoms with Gasteiger partial charge in [0.1, 0.15) is 0 Å². The van der Waals surface area contributed by atoms with Gasteiger partial charge in [-0.1, -0.05) is 6.92 Å². The van der Waals surface area contributed by atoms with Crippen LogP contribution in [0.3, 0.4) is 0 Å². The van der Waals surface area contributed by atoms with Crippen molar-refractivity contribution in [3.8, 4) is 0 Å². The number of primary amides is 1. The van der Waals surface area contributed by atoms with Gasteiger partial charge >= 0.3 is 0 Å². The fourth-order valence-corrected chi connectivity index (χ4v) is 1.97. The lowest BCUT2D eigenvalue weighted by molar-refractivity contribution is -0.124. The average Bonchev–Trinajstić information content (AvgIpc) is 2.99. The van der Waals surface area contributed by atoms with Crippen molar-refractivity contribution in [1.29, 1.82) is 0 Å². The summed E-state index contributed by atoms with van der Waals surface area (Å²) in [5, 5.41) is 3.38. The van der Waals surface area contributed by atoms with E-state index in [0.717, 1.165) is 13.0 Å². The number of rotatable bonds is 7. The summed E-state index contributed by atoms with van der Waals surface area (Å²) in [6.07, 6.45) is 3.10. The van der Waals surface area contributed by atoms with Gasteiger partial charge in [0.15, 0.2) is 0 Å². The molecule has 0 radical (unpaired) electrons. The van der Waals surface area contributed by atoms with Crippen LogP contribution in [0.25, 0.3) is 0 Å². The normalized spacial score (nSPS) is 21.8. The van der Waals surface area contributed by atoms with Crippen LogP contribution < -0.4 is 11.1 Å². The number of nitrogens with two attached hydrogens (primary N) is 1. The number of carbonyl (C=O) groups excluding carboxylic acids is 1. The monoisotopic (exact) mass is 227 g/mol. The van der Waals surface area contributed by atoms with Crippen LogP contribution in [0.15, 0.2) is 0 Å². The Morgan fingerprint density at radius 2 is 2.19 bits per heavy atom. The van der Waals surface area contributed by atoms with E-state index in [9.17, 15) is 4.79 Å². The molecule has 0 saturated heterocycles. The highest BCUT2D eigenvalue weighted by Crippen LogP contribution is 2.25. The summed E-state index contributed by atoms with van der Waals surface area (Å²) in [5.41, 5.74) is 4.95. The van der Waals surface area contributed by atoms with Gasteiger partial charge in [0.25, 0.3) is 0 Å². The second kappa shape index (κ2) is 5.15. The maximum atomic E-state index is 11.6. The molecular weight excluding hydrogens is 202 g/mol. The highest BCUT2D eigenvalue weighted by Gasteiger charge is 2.38. The summed E-state index contributed by atoms with van der Waals surface area (Å²) >= 11 is 0. The predicted molar refractivity (Wildman–Crippen MR) is 66.1 cm³/mol. The third kappa shape index (κ3) is 3.46. The van der Waals surface area contributed by atoms with Crippen LogP contribution in [0.1, 0.15) is 40.0 Å². The minimum absolute atomic E-state index is 0.240. The molecule has 0 aliphatic heterocycles. The number of carbonyl (C=O) groups is 1. The van der Waals surface area contributed by atoms with Gasteiger partial charge in [0, 0.05) is 12.1 Å². The van der Waals surface area contributed by atoms with E-state index in [-0.39, 0.29) is 5.91 Å². The molecule has 0 aromatic rings. The second-order valence-corrected chi connectivity index (χ2v) is 5.24. The number of hydrogen-bond acceptors (Lipinski definition) is 3. The molecule has 4 heteroatoms. The summed E-state index contributed by atoms with van der Waals surface area (Å²) in [6, 6.07) is 0.852. The van der Waals surface area contributed by atoms with Crippen molar-refractivity contribution < 1.29 is 4.79 Å². The zero-order valence-electron chi connectivity index (χ0n) is 10.9. The molecule has 0 heterocycles. The first-order valence-corrected chi connectivity index (χ1v) is 6.17. The molecule has 0 spiro atoms. The molecule has 4 nitrogen and oxygen atoms in total. The minimum atomic E-state index is -0.565. The number of nitrogens with one attached hydrogen (secondary N) is 1. The quantitative estimate of drug-likeness (QED) is 0.673. The van der Waals surface area contributed by atoms with Gasteiger partial charge in [-0.25, -0.2) is 0 Å². The van der Waals surface area contributed by atoms with Crippen LogP contribution in [0.2, 0.25) is 0 Å². The summed E-state index contributed by atoms with van der Waals surface area (Å²) in [4.78, 5) is 13.8. The molecule has 1 saturated carbocycles. The number of hydrogen-bond donors (Lipinski definition) is 2. The average molecular weight is 227 g/mol. The van der Waals surface area contributed by atoms with Gasteiger partial charge in [-0.3, -0.25) is 4.79 Å². The van der Waals surface area contributed by atoms with Gasteiger partial charge in [-0.05, 0) is 46.7 Å². The molecule has 3 N–H and O–H groups in total. The van der Waals surface area contributed by atoms with Crippen LogP contribution >= 0.6 is 0 Å². The predicted octanol–water partition coefficient (Wildman–Crippen LogP) is 0.713. The van der Waals surface area contributed by atoms with Crippen molar-refractivity contribution in [3.63, 3.8) is 0 Å². The van der Waals surface area contributed by atoms with E-state index < -0.39 is 5.54 Å². The van der Waals surface area contributed by atoms with Crippen LogP contribution in [0.4, 0.5) is 0 Å². The molecule has 1 amide bonds. The maximum Gasteiger partial charge on any atom is 0.237 e. The molecule has 2 atom stereocenters. The Balaban J connectivity index is 2.58. The highest BCUT2D eigenvalue weighted by molar-refractivity contribution is 5.84. The summed E-state index contributed by atoms with van der Waals surface area (Å²) in [6.45, 7) is 7.17. The van der Waals surface area contributed by atoms with Crippen molar-refractivity contribution in [2.75, 3.05) is 13.6 Å². The lowest BCUT2D eigenvalue weighted by Gasteiger charge is -2.34. The van der Waals surface area contributed by atoms with Gasteiger partial charge in [-0.2, -0.15) is 0 Å². The van der Waals surface area contributed by atoms with E-state index in [1.165, 1.54) is 12.8 Å². The first kappa shape index (κ1) is 13.5. The van der Waals surface area contributed by atoms with Crippen molar-refractivity contribution in [2.45, 2.75) is 57.7 Å². The molecule has 1 rings (SSSR count). The molecular formula is C12H25N3O. The van der Waals surface area contributed by atoms with Gasteiger partial charge < -0.3 is 16.0 Å². The van der Waals surface area contributed by atoms with Crippen LogP contribution in [-0.4, -0.2) is 42.0 Å². The molecule has 1 aliphatic rings. The van der Waals surface area contributed by atoms with Crippen LogP contribution in [-0.2, 0) is 4.79 Å². The third-order valence-electron chi connectivity index (χ3n) is 3.60. The number of nitrogens with zero attached hydrogens (tertiary/aromatic N) is 1. The molecule has 0 bridgehead atoms. The third-order valence-corrected chi connectivity index (χ3v) is 3.60. The molecule has 0 aromatic heterocycles. The summed E-state index contributed by atoms with van der Waals surface area (Å²) in [7, 11) is 2.07. The van der Waals surface area contributed by atoms with Crippen LogP contribution in [0, 0.1) is 0 Å². The molecule has 1 fully saturated rings. The van der Waals surface area contributed by atoms with E-state index in [2.05, 4.69) is 31.1 Å². The Morgan fingerprint density at radius 3 is 2.56 bits per heavy atom. The fourth-order valence-electron chi connectivity index (χ4n) is 1.97. The zero-order chi connectivity index (χ0) is 12.3. The second-order valence-electron chi connectivity index (χ2n) is 5.24. The van der Waals surface area contributed by atoms with Crippen molar-refractivity contribution in [2.24, 2.45) is 5.73 Å². The Hall–Kier alpha value is -0.610. The maximum absolute atomic E-state index is 11.6. The summed E-state index contributed by atoms with van der Waals surface area (Å²) < 4.78 is 0.